The van der Waals surface area contributed by atoms with E-state index < -0.39 is 5.41 Å². The SMILES string of the molecule is N#CC1(c2nc3ccccc3[nH]2)CCN(c2ncnc3nc[nH]c23)CC1. The molecule has 5 rings (SSSR count). The Morgan fingerprint density at radius 3 is 2.77 bits per heavy atom. The quantitative estimate of drug-likeness (QED) is 0.577. The fraction of sp³-hybridized carbons (Fsp3) is 0.278. The maximum atomic E-state index is 9.95. The second kappa shape index (κ2) is 5.52. The zero-order chi connectivity index (χ0) is 17.6. The number of nitrogens with zero attached hydrogens (tertiary/aromatic N) is 6. The van der Waals surface area contributed by atoms with Crippen LogP contribution >= 0.6 is 0 Å². The van der Waals surface area contributed by atoms with Crippen molar-refractivity contribution in [3.05, 3.63) is 42.7 Å². The molecule has 4 heterocycles. The number of fused-ring (bicyclic) bond motifs is 2. The van der Waals surface area contributed by atoms with Gasteiger partial charge in [-0.05, 0) is 25.0 Å². The van der Waals surface area contributed by atoms with Gasteiger partial charge in [-0.2, -0.15) is 5.26 Å². The molecule has 1 aliphatic rings. The highest BCUT2D eigenvalue weighted by atomic mass is 15.2. The minimum absolute atomic E-state index is 0.602. The highest BCUT2D eigenvalue weighted by Gasteiger charge is 2.40. The summed E-state index contributed by atoms with van der Waals surface area (Å²) in [6.07, 6.45) is 4.52. The predicted octanol–water partition coefficient (Wildman–Crippen LogP) is 2.29. The Morgan fingerprint density at radius 1 is 1.12 bits per heavy atom. The summed E-state index contributed by atoms with van der Waals surface area (Å²) in [6, 6.07) is 10.4. The number of hydrogen-bond donors (Lipinski definition) is 2. The molecular formula is C18H16N8. The number of rotatable bonds is 2. The van der Waals surface area contributed by atoms with Crippen LogP contribution in [0.1, 0.15) is 18.7 Å². The Balaban J connectivity index is 1.46. The lowest BCUT2D eigenvalue weighted by Gasteiger charge is -2.36. The summed E-state index contributed by atoms with van der Waals surface area (Å²) in [7, 11) is 0. The van der Waals surface area contributed by atoms with E-state index in [1.807, 2.05) is 24.3 Å². The number of hydrogen-bond acceptors (Lipinski definition) is 6. The number of nitriles is 1. The van der Waals surface area contributed by atoms with Gasteiger partial charge in [-0.3, -0.25) is 0 Å². The predicted molar refractivity (Wildman–Crippen MR) is 96.5 cm³/mol. The summed E-state index contributed by atoms with van der Waals surface area (Å²) in [5.41, 5.74) is 2.75. The van der Waals surface area contributed by atoms with Crippen molar-refractivity contribution in [1.82, 2.24) is 29.9 Å². The van der Waals surface area contributed by atoms with Gasteiger partial charge in [0.2, 0.25) is 0 Å². The van der Waals surface area contributed by atoms with Crippen LogP contribution in [0.4, 0.5) is 5.82 Å². The van der Waals surface area contributed by atoms with E-state index in [-0.39, 0.29) is 0 Å². The van der Waals surface area contributed by atoms with Crippen molar-refractivity contribution in [2.75, 3.05) is 18.0 Å². The van der Waals surface area contributed by atoms with Gasteiger partial charge in [0.1, 0.15) is 23.1 Å². The average Bonchev–Trinajstić information content (AvgIpc) is 3.34. The van der Waals surface area contributed by atoms with Gasteiger partial charge in [-0.15, -0.1) is 0 Å². The van der Waals surface area contributed by atoms with Crippen LogP contribution in [-0.2, 0) is 5.41 Å². The first-order valence-corrected chi connectivity index (χ1v) is 8.55. The van der Waals surface area contributed by atoms with E-state index in [1.165, 1.54) is 6.33 Å². The second-order valence-corrected chi connectivity index (χ2v) is 6.58. The van der Waals surface area contributed by atoms with Crippen molar-refractivity contribution < 1.29 is 0 Å². The topological polar surface area (TPSA) is 110 Å². The average molecular weight is 344 g/mol. The Labute approximate surface area is 148 Å². The minimum Gasteiger partial charge on any atom is -0.355 e. The van der Waals surface area contributed by atoms with Gasteiger partial charge < -0.3 is 14.9 Å². The normalized spacial score (nSPS) is 16.8. The zero-order valence-corrected chi connectivity index (χ0v) is 14.0. The number of aromatic amines is 2. The lowest BCUT2D eigenvalue weighted by Crippen LogP contribution is -2.43. The van der Waals surface area contributed by atoms with Crippen LogP contribution in [0.15, 0.2) is 36.9 Å². The summed E-state index contributed by atoms with van der Waals surface area (Å²) in [5, 5.41) is 9.95. The standard InChI is InChI=1S/C18H16N8/c19-9-18(17-24-12-3-1-2-4-13(12)25-17)5-7-26(8-6-18)16-14-15(21-10-20-14)22-11-23-16/h1-4,10-11H,5-8H2,(H,24,25)(H,20,21,22,23). The Morgan fingerprint density at radius 2 is 1.96 bits per heavy atom. The summed E-state index contributed by atoms with van der Waals surface area (Å²) in [5.74, 6) is 1.60. The van der Waals surface area contributed by atoms with E-state index in [1.54, 1.807) is 6.33 Å². The number of nitrogens with one attached hydrogen (secondary N) is 2. The number of imidazole rings is 2. The molecule has 2 N–H and O–H groups in total. The molecule has 3 aromatic heterocycles. The molecule has 1 aliphatic heterocycles. The van der Waals surface area contributed by atoms with Crippen LogP contribution in [0.25, 0.3) is 22.2 Å². The van der Waals surface area contributed by atoms with Crippen LogP contribution in [0.5, 0.6) is 0 Å². The van der Waals surface area contributed by atoms with Crippen molar-refractivity contribution in [1.29, 1.82) is 5.26 Å². The molecular weight excluding hydrogens is 328 g/mol. The molecule has 8 heteroatoms. The number of aromatic nitrogens is 6. The van der Waals surface area contributed by atoms with Crippen molar-refractivity contribution in [3.63, 3.8) is 0 Å². The number of H-pyrrole nitrogens is 2. The van der Waals surface area contributed by atoms with Gasteiger partial charge in [0.05, 0.1) is 23.4 Å². The molecule has 1 aromatic carbocycles. The third kappa shape index (κ3) is 2.14. The van der Waals surface area contributed by atoms with Crippen LogP contribution < -0.4 is 4.90 Å². The third-order valence-corrected chi connectivity index (χ3v) is 5.18. The lowest BCUT2D eigenvalue weighted by molar-refractivity contribution is 0.398. The van der Waals surface area contributed by atoms with Crippen LogP contribution in [0.3, 0.4) is 0 Å². The molecule has 128 valence electrons. The van der Waals surface area contributed by atoms with Crippen molar-refractivity contribution in [2.24, 2.45) is 0 Å². The maximum Gasteiger partial charge on any atom is 0.182 e. The van der Waals surface area contributed by atoms with E-state index in [0.717, 1.165) is 41.3 Å². The lowest BCUT2D eigenvalue weighted by atomic mass is 9.79. The molecule has 0 spiro atoms. The van der Waals surface area contributed by atoms with Gasteiger partial charge in [-0.1, -0.05) is 12.1 Å². The molecule has 0 amide bonds. The number of benzene rings is 1. The van der Waals surface area contributed by atoms with Crippen LogP contribution in [-0.4, -0.2) is 43.0 Å². The molecule has 1 fully saturated rings. The smallest absolute Gasteiger partial charge is 0.182 e. The van der Waals surface area contributed by atoms with Crippen molar-refractivity contribution in [2.45, 2.75) is 18.3 Å². The number of piperidine rings is 1. The molecule has 0 bridgehead atoms. The summed E-state index contributed by atoms with van der Waals surface area (Å²) >= 11 is 0. The molecule has 0 unspecified atom stereocenters. The summed E-state index contributed by atoms with van der Waals surface area (Å²) in [4.78, 5) is 26.1. The summed E-state index contributed by atoms with van der Waals surface area (Å²) in [6.45, 7) is 1.44. The Bertz CT molecular complexity index is 1090. The van der Waals surface area contributed by atoms with Gasteiger partial charge in [0.25, 0.3) is 0 Å². The van der Waals surface area contributed by atoms with Crippen LogP contribution in [0.2, 0.25) is 0 Å². The van der Waals surface area contributed by atoms with Gasteiger partial charge >= 0.3 is 0 Å². The fourth-order valence-corrected chi connectivity index (χ4v) is 3.67. The van der Waals surface area contributed by atoms with Gasteiger partial charge in [0, 0.05) is 13.1 Å². The second-order valence-electron chi connectivity index (χ2n) is 6.58. The van der Waals surface area contributed by atoms with Gasteiger partial charge in [-0.25, -0.2) is 19.9 Å². The monoisotopic (exact) mass is 344 g/mol. The molecule has 0 aliphatic carbocycles. The van der Waals surface area contributed by atoms with E-state index in [2.05, 4.69) is 40.9 Å². The molecule has 8 nitrogen and oxygen atoms in total. The minimum atomic E-state index is -0.602. The van der Waals surface area contributed by atoms with E-state index in [0.29, 0.717) is 18.5 Å². The highest BCUT2D eigenvalue weighted by molar-refractivity contribution is 5.82. The molecule has 4 aromatic rings. The van der Waals surface area contributed by atoms with E-state index in [4.69, 9.17) is 0 Å². The Hall–Kier alpha value is -3.47. The van der Waals surface area contributed by atoms with Crippen molar-refractivity contribution in [3.8, 4) is 6.07 Å². The zero-order valence-electron chi connectivity index (χ0n) is 14.0. The molecule has 26 heavy (non-hydrogen) atoms. The first-order chi connectivity index (χ1) is 12.8. The molecule has 0 radical (unpaired) electrons. The van der Waals surface area contributed by atoms with Crippen molar-refractivity contribution >= 4 is 28.0 Å². The van der Waals surface area contributed by atoms with Gasteiger partial charge in [0.15, 0.2) is 11.5 Å². The maximum absolute atomic E-state index is 9.95. The largest absolute Gasteiger partial charge is 0.355 e. The van der Waals surface area contributed by atoms with E-state index in [9.17, 15) is 5.26 Å². The summed E-state index contributed by atoms with van der Waals surface area (Å²) < 4.78 is 0. The first kappa shape index (κ1) is 14.8. The first-order valence-electron chi connectivity index (χ1n) is 8.55. The highest BCUT2D eigenvalue weighted by Crippen LogP contribution is 2.36. The van der Waals surface area contributed by atoms with E-state index >= 15 is 0 Å². The molecule has 0 saturated carbocycles. The Kier molecular flexibility index (Phi) is 3.15. The number of para-hydroxylation sites is 2. The third-order valence-electron chi connectivity index (χ3n) is 5.18. The van der Waals surface area contributed by atoms with Crippen LogP contribution in [0, 0.1) is 11.3 Å². The fourth-order valence-electron chi connectivity index (χ4n) is 3.67. The molecule has 1 saturated heterocycles. The molecule has 0 atom stereocenters. The number of anilines is 1.